The van der Waals surface area contributed by atoms with Crippen molar-refractivity contribution in [3.8, 4) is 17.2 Å². The Labute approximate surface area is 145 Å². The average Bonchev–Trinajstić information content (AvgIpc) is 3.05. The Morgan fingerprint density at radius 2 is 1.72 bits per heavy atom. The monoisotopic (exact) mass is 330 g/mol. The summed E-state index contributed by atoms with van der Waals surface area (Å²) in [6, 6.07) is 21.4. The summed E-state index contributed by atoms with van der Waals surface area (Å²) in [5.74, 6) is 1.42. The van der Waals surface area contributed by atoms with E-state index in [0.29, 0.717) is 12.5 Å². The molecule has 124 valence electrons. The van der Waals surface area contributed by atoms with E-state index in [4.69, 9.17) is 14.9 Å². The zero-order valence-corrected chi connectivity index (χ0v) is 13.9. The van der Waals surface area contributed by atoms with Crippen molar-refractivity contribution in [2.24, 2.45) is 0 Å². The lowest BCUT2D eigenvalue weighted by molar-refractivity contribution is 0.306. The van der Waals surface area contributed by atoms with E-state index >= 15 is 0 Å². The van der Waals surface area contributed by atoms with E-state index in [-0.39, 0.29) is 0 Å². The number of rotatable bonds is 4. The minimum Gasteiger partial charge on any atom is -0.489 e. The van der Waals surface area contributed by atoms with Crippen LogP contribution in [0.5, 0.6) is 5.75 Å². The molecule has 4 rings (SSSR count). The summed E-state index contributed by atoms with van der Waals surface area (Å²) in [7, 11) is 0. The maximum absolute atomic E-state index is 5.83. The summed E-state index contributed by atoms with van der Waals surface area (Å²) in [6.07, 6.45) is 0. The maximum Gasteiger partial charge on any atom is 0.227 e. The average molecular weight is 330 g/mol. The van der Waals surface area contributed by atoms with E-state index in [1.807, 2.05) is 73.7 Å². The highest BCUT2D eigenvalue weighted by atomic mass is 16.5. The molecule has 4 aromatic rings. The zero-order valence-electron chi connectivity index (χ0n) is 13.9. The van der Waals surface area contributed by atoms with Gasteiger partial charge in [0.1, 0.15) is 17.9 Å². The molecule has 3 aromatic carbocycles. The van der Waals surface area contributed by atoms with Crippen molar-refractivity contribution in [2.75, 3.05) is 5.73 Å². The molecular weight excluding hydrogens is 312 g/mol. The van der Waals surface area contributed by atoms with Gasteiger partial charge in [0.2, 0.25) is 5.89 Å². The van der Waals surface area contributed by atoms with E-state index in [1.54, 1.807) is 0 Å². The molecule has 0 aliphatic heterocycles. The van der Waals surface area contributed by atoms with Crippen LogP contribution in [0, 0.1) is 6.92 Å². The molecule has 2 N–H and O–H groups in total. The minimum atomic E-state index is 0.502. The van der Waals surface area contributed by atoms with Crippen LogP contribution in [-0.2, 0) is 6.61 Å². The Morgan fingerprint density at radius 3 is 2.48 bits per heavy atom. The number of aromatic nitrogens is 1. The predicted molar refractivity (Wildman–Crippen MR) is 99.4 cm³/mol. The van der Waals surface area contributed by atoms with Crippen molar-refractivity contribution in [3.05, 3.63) is 77.9 Å². The van der Waals surface area contributed by atoms with Crippen LogP contribution >= 0.6 is 0 Å². The van der Waals surface area contributed by atoms with Crippen LogP contribution in [0.15, 0.2) is 71.1 Å². The molecule has 0 amide bonds. The Hall–Kier alpha value is -3.27. The smallest absolute Gasteiger partial charge is 0.227 e. The van der Waals surface area contributed by atoms with Crippen LogP contribution in [0.2, 0.25) is 0 Å². The fourth-order valence-electron chi connectivity index (χ4n) is 2.64. The minimum absolute atomic E-state index is 0.502. The number of nitrogens with zero attached hydrogens (tertiary/aromatic N) is 1. The molecule has 0 saturated heterocycles. The van der Waals surface area contributed by atoms with Crippen molar-refractivity contribution in [3.63, 3.8) is 0 Å². The van der Waals surface area contributed by atoms with Gasteiger partial charge in [-0.25, -0.2) is 4.98 Å². The number of nitrogen functional groups attached to an aromatic ring is 1. The lowest BCUT2D eigenvalue weighted by atomic mass is 10.2. The standard InChI is InChI=1S/C21H18N2O2/c1-14-2-11-20-19(12-14)23-21(25-20)16-5-9-18(10-6-16)24-13-15-3-7-17(22)8-4-15/h2-12H,13,22H2,1H3. The van der Waals surface area contributed by atoms with Gasteiger partial charge in [-0.1, -0.05) is 18.2 Å². The quantitative estimate of drug-likeness (QED) is 0.537. The van der Waals surface area contributed by atoms with Crippen LogP contribution in [0.3, 0.4) is 0 Å². The molecule has 1 heterocycles. The van der Waals surface area contributed by atoms with Crippen LogP contribution in [-0.4, -0.2) is 4.98 Å². The molecule has 0 fully saturated rings. The van der Waals surface area contributed by atoms with E-state index in [0.717, 1.165) is 33.7 Å². The highest BCUT2D eigenvalue weighted by Crippen LogP contribution is 2.26. The third kappa shape index (κ3) is 3.33. The van der Waals surface area contributed by atoms with Gasteiger partial charge in [0.25, 0.3) is 0 Å². The largest absolute Gasteiger partial charge is 0.489 e. The van der Waals surface area contributed by atoms with E-state index < -0.39 is 0 Å². The predicted octanol–water partition coefficient (Wildman–Crippen LogP) is 4.96. The first-order chi connectivity index (χ1) is 12.2. The second kappa shape index (κ2) is 6.32. The van der Waals surface area contributed by atoms with E-state index in [2.05, 4.69) is 4.98 Å². The maximum atomic E-state index is 5.83. The van der Waals surface area contributed by atoms with E-state index in [9.17, 15) is 0 Å². The summed E-state index contributed by atoms with van der Waals surface area (Å²) < 4.78 is 11.6. The number of hydrogen-bond donors (Lipinski definition) is 1. The Morgan fingerprint density at radius 1 is 0.960 bits per heavy atom. The topological polar surface area (TPSA) is 61.3 Å². The second-order valence-corrected chi connectivity index (χ2v) is 6.04. The van der Waals surface area contributed by atoms with Crippen LogP contribution < -0.4 is 10.5 Å². The van der Waals surface area contributed by atoms with Gasteiger partial charge >= 0.3 is 0 Å². The number of benzene rings is 3. The summed E-state index contributed by atoms with van der Waals surface area (Å²) >= 11 is 0. The van der Waals surface area contributed by atoms with Crippen molar-refractivity contribution < 1.29 is 9.15 Å². The molecule has 1 aromatic heterocycles. The Bertz CT molecular complexity index is 1000. The lowest BCUT2D eigenvalue weighted by Crippen LogP contribution is -1.95. The van der Waals surface area contributed by atoms with Gasteiger partial charge in [0.05, 0.1) is 0 Å². The van der Waals surface area contributed by atoms with Gasteiger partial charge in [-0.2, -0.15) is 0 Å². The highest BCUT2D eigenvalue weighted by Gasteiger charge is 2.08. The number of ether oxygens (including phenoxy) is 1. The molecule has 0 aliphatic rings. The Balaban J connectivity index is 1.49. The zero-order chi connectivity index (χ0) is 17.2. The first-order valence-electron chi connectivity index (χ1n) is 8.12. The first-order valence-corrected chi connectivity index (χ1v) is 8.12. The lowest BCUT2D eigenvalue weighted by Gasteiger charge is -2.07. The summed E-state index contributed by atoms with van der Waals surface area (Å²) in [5, 5.41) is 0. The summed E-state index contributed by atoms with van der Waals surface area (Å²) in [6.45, 7) is 2.54. The van der Waals surface area contributed by atoms with Gasteiger partial charge in [0, 0.05) is 11.3 Å². The van der Waals surface area contributed by atoms with Crippen LogP contribution in [0.25, 0.3) is 22.6 Å². The molecule has 0 saturated carbocycles. The number of anilines is 1. The molecule has 0 unspecified atom stereocenters. The van der Waals surface area contributed by atoms with Crippen LogP contribution in [0.4, 0.5) is 5.69 Å². The van der Waals surface area contributed by atoms with Gasteiger partial charge in [-0.15, -0.1) is 0 Å². The summed E-state index contributed by atoms with van der Waals surface area (Å²) in [5.41, 5.74) is 11.3. The van der Waals surface area contributed by atoms with E-state index in [1.165, 1.54) is 5.56 Å². The summed E-state index contributed by atoms with van der Waals surface area (Å²) in [4.78, 5) is 4.56. The molecule has 4 nitrogen and oxygen atoms in total. The van der Waals surface area contributed by atoms with Gasteiger partial charge in [-0.05, 0) is 66.6 Å². The molecule has 0 radical (unpaired) electrons. The first kappa shape index (κ1) is 15.3. The number of aryl methyl sites for hydroxylation is 1. The Kier molecular flexibility index (Phi) is 3.86. The SMILES string of the molecule is Cc1ccc2oc(-c3ccc(OCc4ccc(N)cc4)cc3)nc2c1. The molecule has 0 atom stereocenters. The molecular formula is C21H18N2O2. The second-order valence-electron chi connectivity index (χ2n) is 6.04. The van der Waals surface area contributed by atoms with Gasteiger partial charge in [-0.3, -0.25) is 0 Å². The fraction of sp³-hybridized carbons (Fsp3) is 0.0952. The van der Waals surface area contributed by atoms with Gasteiger partial charge < -0.3 is 14.9 Å². The molecule has 0 bridgehead atoms. The molecule has 0 spiro atoms. The van der Waals surface area contributed by atoms with Crippen molar-refractivity contribution in [1.29, 1.82) is 0 Å². The molecule has 0 aliphatic carbocycles. The van der Waals surface area contributed by atoms with Crippen molar-refractivity contribution in [1.82, 2.24) is 4.98 Å². The fourth-order valence-corrected chi connectivity index (χ4v) is 2.64. The van der Waals surface area contributed by atoms with Crippen molar-refractivity contribution >= 4 is 16.8 Å². The number of hydrogen-bond acceptors (Lipinski definition) is 4. The number of oxazole rings is 1. The normalized spacial score (nSPS) is 10.9. The number of fused-ring (bicyclic) bond motifs is 1. The van der Waals surface area contributed by atoms with Crippen LogP contribution in [0.1, 0.15) is 11.1 Å². The molecule has 4 heteroatoms. The van der Waals surface area contributed by atoms with Crippen molar-refractivity contribution in [2.45, 2.75) is 13.5 Å². The highest BCUT2D eigenvalue weighted by molar-refractivity contribution is 5.76. The third-order valence-electron chi connectivity index (χ3n) is 4.03. The third-order valence-corrected chi connectivity index (χ3v) is 4.03. The number of nitrogens with two attached hydrogens (primary N) is 1. The molecule has 25 heavy (non-hydrogen) atoms. The van der Waals surface area contributed by atoms with Gasteiger partial charge in [0.15, 0.2) is 5.58 Å².